The lowest BCUT2D eigenvalue weighted by molar-refractivity contribution is 0.465. The summed E-state index contributed by atoms with van der Waals surface area (Å²) >= 11 is 4.05. The molecule has 1 atom stereocenters. The zero-order valence-corrected chi connectivity index (χ0v) is 3.68. The van der Waals surface area contributed by atoms with Gasteiger partial charge < -0.3 is 0 Å². The number of halogens is 1. The first-order chi connectivity index (χ1) is 2.27. The molecule has 0 heterocycles. The predicted octanol–water partition coefficient (Wildman–Crippen LogP) is 1.22. The van der Waals surface area contributed by atoms with Crippen molar-refractivity contribution in [3.05, 3.63) is 0 Å². The minimum absolute atomic E-state index is 1.05. The summed E-state index contributed by atoms with van der Waals surface area (Å²) in [6.07, 6.45) is -1.05. The van der Waals surface area contributed by atoms with E-state index in [1.165, 1.54) is 6.92 Å². The van der Waals surface area contributed by atoms with Gasteiger partial charge in [-0.2, -0.15) is 0 Å². The third kappa shape index (κ3) is 4.02. The summed E-state index contributed by atoms with van der Waals surface area (Å²) < 4.78 is 11.2. The van der Waals surface area contributed by atoms with E-state index in [1.54, 1.807) is 0 Å². The van der Waals surface area contributed by atoms with Gasteiger partial charge in [0.15, 0.2) is 0 Å². The normalized spacial score (nSPS) is 14.0. The molecule has 0 saturated carbocycles. The highest BCUT2D eigenvalue weighted by molar-refractivity contribution is 7.79. The Morgan fingerprint density at radius 2 is 2.20 bits per heavy atom. The van der Waals surface area contributed by atoms with Gasteiger partial charge in [0.1, 0.15) is 6.17 Å². The highest BCUT2D eigenvalue weighted by atomic mass is 32.1. The molecular weight excluding hydrogens is 87.1 g/mol. The van der Waals surface area contributed by atoms with Gasteiger partial charge >= 0.3 is 0 Å². The molecule has 1 radical (unpaired) electrons. The highest BCUT2D eigenvalue weighted by Gasteiger charge is 1.83. The van der Waals surface area contributed by atoms with Crippen LogP contribution >= 0.6 is 12.2 Å². The molecule has 0 amide bonds. The summed E-state index contributed by atoms with van der Waals surface area (Å²) in [5.41, 5.74) is 0. The van der Waals surface area contributed by atoms with E-state index in [-0.39, 0.29) is 0 Å². The van der Waals surface area contributed by atoms with Crippen LogP contribution in [0.1, 0.15) is 6.92 Å². The standard InChI is InChI=1S/C3H4FS/c1-3(4)2-5/h3H,1H3. The van der Waals surface area contributed by atoms with Crippen molar-refractivity contribution in [3.63, 3.8) is 0 Å². The van der Waals surface area contributed by atoms with Crippen molar-refractivity contribution in [2.45, 2.75) is 13.1 Å². The Labute approximate surface area is 36.0 Å². The summed E-state index contributed by atoms with van der Waals surface area (Å²) in [7, 11) is 0. The maximum atomic E-state index is 11.2. The Kier molecular flexibility index (Phi) is 2.28. The van der Waals surface area contributed by atoms with Crippen LogP contribution in [-0.4, -0.2) is 11.5 Å². The van der Waals surface area contributed by atoms with Gasteiger partial charge in [0, 0.05) is 0 Å². The molecule has 29 valence electrons. The minimum Gasteiger partial charge on any atom is -0.242 e. The molecule has 1 unspecified atom stereocenters. The van der Waals surface area contributed by atoms with Crippen molar-refractivity contribution in [1.29, 1.82) is 0 Å². The van der Waals surface area contributed by atoms with Crippen molar-refractivity contribution in [1.82, 2.24) is 0 Å². The lowest BCUT2D eigenvalue weighted by Gasteiger charge is -1.76. The summed E-state index contributed by atoms with van der Waals surface area (Å²) in [5.74, 6) is 0. The zero-order chi connectivity index (χ0) is 4.28. The quantitative estimate of drug-likeness (QED) is 0.437. The first-order valence-electron chi connectivity index (χ1n) is 1.29. The molecule has 0 bridgehead atoms. The Morgan fingerprint density at radius 3 is 2.20 bits per heavy atom. The maximum Gasteiger partial charge on any atom is 0.133 e. The van der Waals surface area contributed by atoms with Crippen LogP contribution in [0.4, 0.5) is 4.39 Å². The zero-order valence-electron chi connectivity index (χ0n) is 2.86. The van der Waals surface area contributed by atoms with Gasteiger partial charge in [0.25, 0.3) is 0 Å². The average molecular weight is 91.1 g/mol. The monoisotopic (exact) mass is 91.0 g/mol. The van der Waals surface area contributed by atoms with Crippen LogP contribution < -0.4 is 0 Å². The molecule has 2 heteroatoms. The van der Waals surface area contributed by atoms with Gasteiger partial charge in [-0.3, -0.25) is 0 Å². The molecule has 0 aliphatic heterocycles. The molecule has 0 N–H and O–H groups in total. The van der Waals surface area contributed by atoms with Crippen LogP contribution in [0.2, 0.25) is 0 Å². The Balaban J connectivity index is 2.83. The SMILES string of the molecule is CC(F)[C]=S. The molecule has 0 rings (SSSR count). The average Bonchev–Trinajstić information content (AvgIpc) is 1.38. The number of hydrogen-bond acceptors (Lipinski definition) is 1. The Bertz CT molecular complexity index is 33.9. The summed E-state index contributed by atoms with van der Waals surface area (Å²) in [6.45, 7) is 1.34. The first kappa shape index (κ1) is 5.02. The van der Waals surface area contributed by atoms with Crippen LogP contribution in [0.3, 0.4) is 0 Å². The van der Waals surface area contributed by atoms with Crippen molar-refractivity contribution >= 4 is 17.6 Å². The number of hydrogen-bond donors (Lipinski definition) is 0. The van der Waals surface area contributed by atoms with E-state index in [0.29, 0.717) is 0 Å². The van der Waals surface area contributed by atoms with Gasteiger partial charge in [-0.1, -0.05) is 12.2 Å². The molecule has 5 heavy (non-hydrogen) atoms. The first-order valence-corrected chi connectivity index (χ1v) is 1.70. The van der Waals surface area contributed by atoms with Crippen molar-refractivity contribution in [2.24, 2.45) is 0 Å². The number of thiocarbonyl (C=S) groups is 1. The molecule has 0 aromatic carbocycles. The Morgan fingerprint density at radius 1 is 2.00 bits per heavy atom. The second-order valence-corrected chi connectivity index (χ2v) is 0.970. The molecule has 0 aliphatic rings. The largest absolute Gasteiger partial charge is 0.242 e. The smallest absolute Gasteiger partial charge is 0.133 e. The van der Waals surface area contributed by atoms with Gasteiger partial charge in [0.2, 0.25) is 0 Å². The second-order valence-electron chi connectivity index (χ2n) is 0.734. The fourth-order valence-electron chi connectivity index (χ4n) is 0. The number of rotatable bonds is 1. The van der Waals surface area contributed by atoms with E-state index in [2.05, 4.69) is 12.2 Å². The Hall–Kier alpha value is 0.0200. The molecule has 0 aromatic rings. The minimum atomic E-state index is -1.05. The van der Waals surface area contributed by atoms with Gasteiger partial charge in [0.05, 0.1) is 5.37 Å². The van der Waals surface area contributed by atoms with Gasteiger partial charge in [-0.25, -0.2) is 4.39 Å². The van der Waals surface area contributed by atoms with Crippen LogP contribution in [0.25, 0.3) is 0 Å². The molecular formula is C3H4FS. The maximum absolute atomic E-state index is 11.2. The molecule has 0 nitrogen and oxygen atoms in total. The van der Waals surface area contributed by atoms with Gasteiger partial charge in [-0.15, -0.1) is 0 Å². The van der Waals surface area contributed by atoms with Crippen molar-refractivity contribution in [3.8, 4) is 0 Å². The van der Waals surface area contributed by atoms with E-state index in [4.69, 9.17) is 0 Å². The van der Waals surface area contributed by atoms with E-state index < -0.39 is 6.17 Å². The van der Waals surface area contributed by atoms with E-state index >= 15 is 0 Å². The predicted molar refractivity (Wildman–Crippen MR) is 23.2 cm³/mol. The van der Waals surface area contributed by atoms with Gasteiger partial charge in [-0.05, 0) is 6.92 Å². The molecule has 0 aliphatic carbocycles. The highest BCUT2D eigenvalue weighted by Crippen LogP contribution is 1.77. The van der Waals surface area contributed by atoms with Crippen LogP contribution in [-0.2, 0) is 0 Å². The topological polar surface area (TPSA) is 0 Å². The third-order valence-electron chi connectivity index (χ3n) is 0.162. The molecule has 0 saturated heterocycles. The molecule has 0 spiro atoms. The second kappa shape index (κ2) is 2.27. The van der Waals surface area contributed by atoms with E-state index in [9.17, 15) is 4.39 Å². The van der Waals surface area contributed by atoms with Crippen molar-refractivity contribution in [2.75, 3.05) is 0 Å². The summed E-state index contributed by atoms with van der Waals surface area (Å²) in [4.78, 5) is 0. The summed E-state index contributed by atoms with van der Waals surface area (Å²) in [6, 6.07) is 0. The van der Waals surface area contributed by atoms with E-state index in [1.807, 2.05) is 5.37 Å². The third-order valence-corrected chi connectivity index (χ3v) is 0.487. The van der Waals surface area contributed by atoms with Crippen molar-refractivity contribution < 1.29 is 4.39 Å². The molecule has 0 aromatic heterocycles. The van der Waals surface area contributed by atoms with E-state index in [0.717, 1.165) is 0 Å². The fourth-order valence-corrected chi connectivity index (χ4v) is 0. The lowest BCUT2D eigenvalue weighted by atomic mass is 10.5. The molecule has 0 fully saturated rings. The van der Waals surface area contributed by atoms with Crippen LogP contribution in [0, 0.1) is 0 Å². The summed E-state index contributed by atoms with van der Waals surface area (Å²) in [5, 5.41) is 1.94. The fraction of sp³-hybridized carbons (Fsp3) is 0.667. The lowest BCUT2D eigenvalue weighted by Crippen LogP contribution is -1.86. The van der Waals surface area contributed by atoms with Crippen LogP contribution in [0.5, 0.6) is 0 Å². The number of alkyl halides is 1. The van der Waals surface area contributed by atoms with Crippen LogP contribution in [0.15, 0.2) is 0 Å².